The zero-order chi connectivity index (χ0) is 19.6. The predicted octanol–water partition coefficient (Wildman–Crippen LogP) is 0.390. The summed E-state index contributed by atoms with van der Waals surface area (Å²) in [7, 11) is 1.48. The SMILES string of the molecule is COCCNC(=O)NC(=O)COC(=O)CCCn1c(=O)oc2ccccc21. The number of urea groups is 1. The second kappa shape index (κ2) is 10.1. The number of carbonyl (C=O) groups is 3. The molecule has 27 heavy (non-hydrogen) atoms. The maximum absolute atomic E-state index is 11.8. The molecular weight excluding hydrogens is 358 g/mol. The summed E-state index contributed by atoms with van der Waals surface area (Å²) in [5, 5.41) is 4.41. The minimum atomic E-state index is -0.740. The van der Waals surface area contributed by atoms with Crippen LogP contribution in [0.3, 0.4) is 0 Å². The molecule has 0 aliphatic rings. The number of nitrogens with zero attached hydrogens (tertiary/aromatic N) is 1. The van der Waals surface area contributed by atoms with Crippen molar-refractivity contribution in [3.63, 3.8) is 0 Å². The lowest BCUT2D eigenvalue weighted by Crippen LogP contribution is -2.42. The lowest BCUT2D eigenvalue weighted by Gasteiger charge is -2.07. The number of oxazole rings is 1. The van der Waals surface area contributed by atoms with Crippen molar-refractivity contribution in [3.8, 4) is 0 Å². The molecule has 0 fully saturated rings. The van der Waals surface area contributed by atoms with Gasteiger partial charge in [0.2, 0.25) is 0 Å². The number of fused-ring (bicyclic) bond motifs is 1. The smallest absolute Gasteiger partial charge is 0.419 e. The Bertz CT molecular complexity index is 856. The van der Waals surface area contributed by atoms with Crippen molar-refractivity contribution >= 4 is 29.0 Å². The second-order valence-electron chi connectivity index (χ2n) is 5.55. The first kappa shape index (κ1) is 20.2. The van der Waals surface area contributed by atoms with Crippen molar-refractivity contribution in [1.82, 2.24) is 15.2 Å². The molecule has 0 unspecified atom stereocenters. The van der Waals surface area contributed by atoms with Crippen LogP contribution in [0.15, 0.2) is 33.5 Å². The molecule has 146 valence electrons. The Balaban J connectivity index is 1.69. The summed E-state index contributed by atoms with van der Waals surface area (Å²) in [4.78, 5) is 46.3. The molecule has 2 N–H and O–H groups in total. The minimum absolute atomic E-state index is 0.0132. The van der Waals surface area contributed by atoms with E-state index in [1.165, 1.54) is 11.7 Å². The summed E-state index contributed by atoms with van der Waals surface area (Å²) < 4.78 is 16.1. The third kappa shape index (κ3) is 6.26. The van der Waals surface area contributed by atoms with Crippen molar-refractivity contribution in [1.29, 1.82) is 0 Å². The Morgan fingerprint density at radius 2 is 2.00 bits per heavy atom. The van der Waals surface area contributed by atoms with Crippen LogP contribution in [-0.4, -0.2) is 49.3 Å². The molecule has 0 saturated heterocycles. The lowest BCUT2D eigenvalue weighted by atomic mass is 10.3. The quantitative estimate of drug-likeness (QED) is 0.476. The van der Waals surface area contributed by atoms with Gasteiger partial charge >= 0.3 is 17.8 Å². The highest BCUT2D eigenvalue weighted by atomic mass is 16.5. The largest absolute Gasteiger partial charge is 0.456 e. The molecule has 10 heteroatoms. The van der Waals surface area contributed by atoms with Crippen molar-refractivity contribution in [2.24, 2.45) is 0 Å². The number of nitrogens with one attached hydrogen (secondary N) is 2. The number of hydrogen-bond acceptors (Lipinski definition) is 7. The third-order valence-corrected chi connectivity index (χ3v) is 3.55. The van der Waals surface area contributed by atoms with Crippen molar-refractivity contribution in [2.75, 3.05) is 26.9 Å². The van der Waals surface area contributed by atoms with Crippen LogP contribution in [-0.2, 0) is 25.6 Å². The summed E-state index contributed by atoms with van der Waals surface area (Å²) in [6, 6.07) is 6.29. The highest BCUT2D eigenvalue weighted by molar-refractivity contribution is 5.95. The lowest BCUT2D eigenvalue weighted by molar-refractivity contribution is -0.148. The van der Waals surface area contributed by atoms with Crippen LogP contribution in [0.5, 0.6) is 0 Å². The number of aromatic nitrogens is 1. The van der Waals surface area contributed by atoms with Crippen molar-refractivity contribution in [3.05, 3.63) is 34.8 Å². The van der Waals surface area contributed by atoms with Gasteiger partial charge in [-0.2, -0.15) is 0 Å². The summed E-state index contributed by atoms with van der Waals surface area (Å²) in [5.74, 6) is -1.84. The molecule has 0 aliphatic heterocycles. The first-order valence-corrected chi connectivity index (χ1v) is 8.32. The van der Waals surface area contributed by atoms with E-state index in [0.717, 1.165) is 0 Å². The number of hydrogen-bond donors (Lipinski definition) is 2. The van der Waals surface area contributed by atoms with Gasteiger partial charge in [0, 0.05) is 26.6 Å². The molecule has 2 rings (SSSR count). The van der Waals surface area contributed by atoms with Gasteiger partial charge in [-0.3, -0.25) is 19.5 Å². The fourth-order valence-corrected chi connectivity index (χ4v) is 2.30. The van der Waals surface area contributed by atoms with E-state index in [1.807, 2.05) is 5.32 Å². The topological polar surface area (TPSA) is 129 Å². The van der Waals surface area contributed by atoms with E-state index < -0.39 is 30.3 Å². The van der Waals surface area contributed by atoms with Gasteiger partial charge in [0.15, 0.2) is 12.2 Å². The van der Waals surface area contributed by atoms with Gasteiger partial charge in [0.25, 0.3) is 5.91 Å². The maximum atomic E-state index is 11.8. The minimum Gasteiger partial charge on any atom is -0.456 e. The number of aryl methyl sites for hydroxylation is 1. The van der Waals surface area contributed by atoms with Crippen LogP contribution >= 0.6 is 0 Å². The fourth-order valence-electron chi connectivity index (χ4n) is 2.30. The van der Waals surface area contributed by atoms with Crippen molar-refractivity contribution in [2.45, 2.75) is 19.4 Å². The van der Waals surface area contributed by atoms with E-state index in [9.17, 15) is 19.2 Å². The van der Waals surface area contributed by atoms with Crippen molar-refractivity contribution < 1.29 is 28.3 Å². The van der Waals surface area contributed by atoms with E-state index in [2.05, 4.69) is 5.32 Å². The molecular formula is C17H21N3O7. The summed E-state index contributed by atoms with van der Waals surface area (Å²) >= 11 is 0. The number of imide groups is 1. The van der Waals surface area contributed by atoms with Crippen LogP contribution < -0.4 is 16.4 Å². The zero-order valence-corrected chi connectivity index (χ0v) is 14.9. The molecule has 0 aliphatic carbocycles. The predicted molar refractivity (Wildman–Crippen MR) is 94.1 cm³/mol. The normalized spacial score (nSPS) is 10.6. The Hall–Kier alpha value is -3.14. The molecule has 0 spiro atoms. The number of carbonyl (C=O) groups excluding carboxylic acids is 3. The number of benzene rings is 1. The van der Waals surface area contributed by atoms with Gasteiger partial charge in [-0.25, -0.2) is 9.59 Å². The van der Waals surface area contributed by atoms with Crippen LogP contribution in [0.25, 0.3) is 11.1 Å². The fraction of sp³-hybridized carbons (Fsp3) is 0.412. The van der Waals surface area contributed by atoms with E-state index in [4.69, 9.17) is 13.9 Å². The summed E-state index contributed by atoms with van der Waals surface area (Å²) in [5.41, 5.74) is 1.13. The standard InChI is InChI=1S/C17H21N3O7/c1-25-10-8-18-16(23)19-14(21)11-26-15(22)7-4-9-20-12-5-2-3-6-13(12)27-17(20)24/h2-3,5-6H,4,7-11H2,1H3,(H2,18,19,21,23). The Morgan fingerprint density at radius 3 is 2.78 bits per heavy atom. The zero-order valence-electron chi connectivity index (χ0n) is 14.9. The monoisotopic (exact) mass is 379 g/mol. The number of amides is 3. The molecule has 1 aromatic heterocycles. The summed E-state index contributed by atoms with van der Waals surface area (Å²) in [6.07, 6.45) is 0.348. The number of methoxy groups -OCH3 is 1. The average Bonchev–Trinajstić information content (AvgIpc) is 2.96. The van der Waals surface area contributed by atoms with E-state index in [-0.39, 0.29) is 19.5 Å². The first-order chi connectivity index (χ1) is 13.0. The van der Waals surface area contributed by atoms with Gasteiger partial charge in [-0.1, -0.05) is 12.1 Å². The molecule has 0 bridgehead atoms. The molecule has 10 nitrogen and oxygen atoms in total. The second-order valence-corrected chi connectivity index (χ2v) is 5.55. The van der Waals surface area contributed by atoms with Gasteiger partial charge in [0.1, 0.15) is 0 Å². The van der Waals surface area contributed by atoms with Gasteiger partial charge in [0.05, 0.1) is 12.1 Å². The van der Waals surface area contributed by atoms with Crippen LogP contribution in [0, 0.1) is 0 Å². The molecule has 1 heterocycles. The highest BCUT2D eigenvalue weighted by Crippen LogP contribution is 2.12. The van der Waals surface area contributed by atoms with Crippen LogP contribution in [0.4, 0.5) is 4.79 Å². The van der Waals surface area contributed by atoms with E-state index in [0.29, 0.717) is 24.1 Å². The van der Waals surface area contributed by atoms with Gasteiger partial charge < -0.3 is 19.2 Å². The number of ether oxygens (including phenoxy) is 2. The van der Waals surface area contributed by atoms with Crippen LogP contribution in [0.2, 0.25) is 0 Å². The Morgan fingerprint density at radius 1 is 1.22 bits per heavy atom. The number of para-hydroxylation sites is 2. The van der Waals surface area contributed by atoms with E-state index in [1.54, 1.807) is 24.3 Å². The maximum Gasteiger partial charge on any atom is 0.419 e. The Labute approximate surface area is 154 Å². The number of esters is 1. The molecule has 3 amide bonds. The molecule has 0 atom stereocenters. The van der Waals surface area contributed by atoms with Gasteiger partial charge in [-0.05, 0) is 18.6 Å². The molecule has 0 saturated carbocycles. The molecule has 0 radical (unpaired) electrons. The van der Waals surface area contributed by atoms with Crippen LogP contribution in [0.1, 0.15) is 12.8 Å². The number of rotatable bonds is 9. The Kier molecular flexibility index (Phi) is 7.56. The average molecular weight is 379 g/mol. The third-order valence-electron chi connectivity index (χ3n) is 3.55. The first-order valence-electron chi connectivity index (χ1n) is 8.32. The van der Waals surface area contributed by atoms with Gasteiger partial charge in [-0.15, -0.1) is 0 Å². The highest BCUT2D eigenvalue weighted by Gasteiger charge is 2.12. The molecule has 1 aromatic carbocycles. The summed E-state index contributed by atoms with van der Waals surface area (Å²) in [6.45, 7) is 0.271. The molecule has 2 aromatic rings. The van der Waals surface area contributed by atoms with E-state index >= 15 is 0 Å².